The molecule has 0 aromatic carbocycles. The van der Waals surface area contributed by atoms with Crippen molar-refractivity contribution in [2.75, 3.05) is 12.4 Å². The Labute approximate surface area is 164 Å². The molecule has 0 aliphatic heterocycles. The second kappa shape index (κ2) is 11.1. The van der Waals surface area contributed by atoms with Crippen LogP contribution in [0.5, 0.6) is 0 Å². The first kappa shape index (κ1) is 23.2. The van der Waals surface area contributed by atoms with Crippen molar-refractivity contribution >= 4 is 40.1 Å². The lowest BCUT2D eigenvalue weighted by Crippen LogP contribution is -2.40. The lowest BCUT2D eigenvalue weighted by Gasteiger charge is -2.29. The molecule has 0 N–H and O–H groups in total. The summed E-state index contributed by atoms with van der Waals surface area (Å²) >= 11 is 4.46. The first-order valence-corrected chi connectivity index (χ1v) is 10.8. The largest absolute Gasteiger partial charge is 0.616 e. The average Bonchev–Trinajstić information content (AvgIpc) is 2.55. The minimum absolute atomic E-state index is 0.0273. The van der Waals surface area contributed by atoms with Gasteiger partial charge in [-0.3, -0.25) is 9.59 Å². The zero-order valence-corrected chi connectivity index (χ0v) is 17.7. The molecule has 1 aliphatic rings. The SMILES string of the molecule is CCCC(=NOCC=CCl)[C@H]1C(=O)C[C@H](CC[S+]([O-])C(C)(C)C)CC1=O. The van der Waals surface area contributed by atoms with Crippen LogP contribution in [-0.2, 0) is 25.6 Å². The van der Waals surface area contributed by atoms with E-state index < -0.39 is 17.1 Å². The molecule has 0 saturated heterocycles. The van der Waals surface area contributed by atoms with Crippen molar-refractivity contribution in [3.05, 3.63) is 11.6 Å². The Morgan fingerprint density at radius 1 is 1.35 bits per heavy atom. The Morgan fingerprint density at radius 2 is 1.96 bits per heavy atom. The molecule has 26 heavy (non-hydrogen) atoms. The third-order valence-electron chi connectivity index (χ3n) is 4.30. The molecule has 7 heteroatoms. The van der Waals surface area contributed by atoms with Crippen LogP contribution in [-0.4, -0.2) is 38.9 Å². The summed E-state index contributed by atoms with van der Waals surface area (Å²) in [5.41, 5.74) is 1.83. The zero-order chi connectivity index (χ0) is 19.7. The second-order valence-electron chi connectivity index (χ2n) is 7.58. The van der Waals surface area contributed by atoms with E-state index in [-0.39, 0.29) is 28.8 Å². The Balaban J connectivity index is 2.71. The number of hydrogen-bond acceptors (Lipinski definition) is 5. The first-order chi connectivity index (χ1) is 12.2. The van der Waals surface area contributed by atoms with Gasteiger partial charge in [0.15, 0.2) is 0 Å². The van der Waals surface area contributed by atoms with Crippen LogP contribution in [0.25, 0.3) is 0 Å². The molecule has 5 nitrogen and oxygen atoms in total. The van der Waals surface area contributed by atoms with E-state index in [0.29, 0.717) is 37.1 Å². The minimum Gasteiger partial charge on any atom is -0.616 e. The van der Waals surface area contributed by atoms with Crippen molar-refractivity contribution in [1.29, 1.82) is 0 Å². The highest BCUT2D eigenvalue weighted by Crippen LogP contribution is 2.29. The van der Waals surface area contributed by atoms with Crippen molar-refractivity contribution in [3.8, 4) is 0 Å². The smallest absolute Gasteiger partial charge is 0.149 e. The third-order valence-corrected chi connectivity index (χ3v) is 6.45. The molecule has 0 radical (unpaired) electrons. The Bertz CT molecular complexity index is 524. The number of carbonyl (C=O) groups excluding carboxylic acids is 2. The van der Waals surface area contributed by atoms with Gasteiger partial charge >= 0.3 is 0 Å². The predicted octanol–water partition coefficient (Wildman–Crippen LogP) is 4.01. The van der Waals surface area contributed by atoms with Crippen LogP contribution in [0, 0.1) is 11.8 Å². The summed E-state index contributed by atoms with van der Waals surface area (Å²) in [7, 11) is 0. The monoisotopic (exact) mass is 403 g/mol. The van der Waals surface area contributed by atoms with Gasteiger partial charge < -0.3 is 9.39 Å². The molecule has 0 bridgehead atoms. The molecule has 0 aromatic heterocycles. The van der Waals surface area contributed by atoms with Gasteiger partial charge in [-0.1, -0.05) is 30.1 Å². The van der Waals surface area contributed by atoms with E-state index in [2.05, 4.69) is 5.16 Å². The molecule has 0 heterocycles. The number of Topliss-reactive ketones (excluding diaryl/α,β-unsaturated/α-hetero) is 2. The molecule has 1 aliphatic carbocycles. The fourth-order valence-electron chi connectivity index (χ4n) is 2.91. The molecular weight excluding hydrogens is 374 g/mol. The van der Waals surface area contributed by atoms with Gasteiger partial charge in [0, 0.05) is 18.4 Å². The average molecular weight is 404 g/mol. The summed E-state index contributed by atoms with van der Waals surface area (Å²) in [4.78, 5) is 30.3. The summed E-state index contributed by atoms with van der Waals surface area (Å²) in [6, 6.07) is 0. The highest BCUT2D eigenvalue weighted by Gasteiger charge is 2.39. The minimum atomic E-state index is -0.972. The first-order valence-electron chi connectivity index (χ1n) is 9.08. The van der Waals surface area contributed by atoms with Crippen LogP contribution in [0.2, 0.25) is 0 Å². The second-order valence-corrected chi connectivity index (χ2v) is 10.2. The number of hydrogen-bond donors (Lipinski definition) is 0. The van der Waals surface area contributed by atoms with Crippen molar-refractivity contribution in [3.63, 3.8) is 0 Å². The van der Waals surface area contributed by atoms with Gasteiger partial charge in [-0.2, -0.15) is 0 Å². The number of ketones is 2. The summed E-state index contributed by atoms with van der Waals surface area (Å²) in [6.45, 7) is 7.97. The number of rotatable bonds is 9. The van der Waals surface area contributed by atoms with Gasteiger partial charge in [0.2, 0.25) is 0 Å². The molecule has 0 aromatic rings. The van der Waals surface area contributed by atoms with Crippen molar-refractivity contribution < 1.29 is 19.0 Å². The maximum Gasteiger partial charge on any atom is 0.149 e. The van der Waals surface area contributed by atoms with Crippen LogP contribution in [0.4, 0.5) is 0 Å². The van der Waals surface area contributed by atoms with E-state index in [1.807, 2.05) is 27.7 Å². The van der Waals surface area contributed by atoms with E-state index >= 15 is 0 Å². The maximum atomic E-state index is 12.6. The number of halogens is 1. The van der Waals surface area contributed by atoms with Gasteiger partial charge in [0.05, 0.1) is 5.71 Å². The number of carbonyl (C=O) groups is 2. The number of oxime groups is 1. The highest BCUT2D eigenvalue weighted by atomic mass is 35.5. The van der Waals surface area contributed by atoms with E-state index in [4.69, 9.17) is 16.4 Å². The Morgan fingerprint density at radius 3 is 2.46 bits per heavy atom. The van der Waals surface area contributed by atoms with Gasteiger partial charge in [-0.25, -0.2) is 0 Å². The Kier molecular flexibility index (Phi) is 9.90. The van der Waals surface area contributed by atoms with Crippen LogP contribution in [0.1, 0.15) is 59.8 Å². The van der Waals surface area contributed by atoms with Crippen molar-refractivity contribution in [2.45, 2.75) is 64.5 Å². The van der Waals surface area contributed by atoms with Crippen molar-refractivity contribution in [2.24, 2.45) is 17.0 Å². The summed E-state index contributed by atoms with van der Waals surface area (Å²) in [6.07, 6.45) is 4.21. The highest BCUT2D eigenvalue weighted by molar-refractivity contribution is 7.92. The molecule has 1 saturated carbocycles. The van der Waals surface area contributed by atoms with Crippen LogP contribution >= 0.6 is 11.6 Å². The molecule has 1 rings (SSSR count). The van der Waals surface area contributed by atoms with Crippen LogP contribution in [0.3, 0.4) is 0 Å². The summed E-state index contributed by atoms with van der Waals surface area (Å²) < 4.78 is 11.9. The van der Waals surface area contributed by atoms with E-state index in [0.717, 1.165) is 6.42 Å². The molecule has 0 amide bonds. The molecular formula is C19H30ClNO4S. The number of nitrogens with zero attached hydrogens (tertiary/aromatic N) is 1. The van der Waals surface area contributed by atoms with Crippen molar-refractivity contribution in [1.82, 2.24) is 0 Å². The van der Waals surface area contributed by atoms with Gasteiger partial charge in [-0.05, 0) is 56.8 Å². The lowest BCUT2D eigenvalue weighted by atomic mass is 9.76. The maximum absolute atomic E-state index is 12.6. The fraction of sp³-hybridized carbons (Fsp3) is 0.737. The molecule has 0 spiro atoms. The zero-order valence-electron chi connectivity index (χ0n) is 16.1. The standard InChI is InChI=1S/C19H30ClNO4S/c1-5-7-15(21-25-10-6-9-20)18-16(22)12-14(13-17(18)23)8-11-26(24)19(2,3)4/h6,9,14,18H,5,7-8,10-13H2,1-4H3/t14-,18-,26?. The van der Waals surface area contributed by atoms with Gasteiger partial charge in [0.1, 0.15) is 34.6 Å². The van der Waals surface area contributed by atoms with Crippen LogP contribution < -0.4 is 0 Å². The topological polar surface area (TPSA) is 78.8 Å². The summed E-state index contributed by atoms with van der Waals surface area (Å²) in [5, 5.41) is 4.02. The van der Waals surface area contributed by atoms with Crippen LogP contribution in [0.15, 0.2) is 16.8 Å². The normalized spacial score (nSPS) is 23.5. The fourth-order valence-corrected chi connectivity index (χ4v) is 4.14. The quantitative estimate of drug-likeness (QED) is 0.191. The van der Waals surface area contributed by atoms with E-state index in [1.54, 1.807) is 6.08 Å². The molecule has 1 fully saturated rings. The predicted molar refractivity (Wildman–Crippen MR) is 107 cm³/mol. The molecule has 148 valence electrons. The molecule has 1 atom stereocenters. The Hall–Kier alpha value is -0.850. The summed E-state index contributed by atoms with van der Waals surface area (Å²) in [5.74, 6) is -0.504. The van der Waals surface area contributed by atoms with Gasteiger partial charge in [0.25, 0.3) is 0 Å². The van der Waals surface area contributed by atoms with E-state index in [1.165, 1.54) is 5.54 Å². The van der Waals surface area contributed by atoms with Gasteiger partial charge in [-0.15, -0.1) is 0 Å². The van der Waals surface area contributed by atoms with E-state index in [9.17, 15) is 14.1 Å². The lowest BCUT2D eigenvalue weighted by molar-refractivity contribution is -0.134. The third kappa shape index (κ3) is 7.41. The molecule has 1 unspecified atom stereocenters.